The molecule has 0 aliphatic rings. The molecule has 0 aromatic carbocycles. The third-order valence-electron chi connectivity index (χ3n) is 7.31. The Balaban J connectivity index is 3.12. The standard InChI is InChI=1S/C31H63NO3/c1-2-3-4-5-6-7-8-9-10-11-12-13-14-15-16-17-18-19-20-21-22-23-24-25-26-27-31(35)32-30(28-33)29-34/h30,33-34H,2-29H2,1H3,(H,32,35). The largest absolute Gasteiger partial charge is 0.394 e. The second-order valence-electron chi connectivity index (χ2n) is 10.9. The van der Waals surface area contributed by atoms with Gasteiger partial charge in [-0.2, -0.15) is 0 Å². The Morgan fingerprint density at radius 1 is 0.486 bits per heavy atom. The van der Waals surface area contributed by atoms with Gasteiger partial charge in [-0.25, -0.2) is 0 Å². The van der Waals surface area contributed by atoms with Crippen molar-refractivity contribution in [2.24, 2.45) is 0 Å². The summed E-state index contributed by atoms with van der Waals surface area (Å²) in [5.41, 5.74) is 0. The van der Waals surface area contributed by atoms with Crippen molar-refractivity contribution in [1.29, 1.82) is 0 Å². The van der Waals surface area contributed by atoms with E-state index in [0.717, 1.165) is 12.8 Å². The Morgan fingerprint density at radius 3 is 1.00 bits per heavy atom. The summed E-state index contributed by atoms with van der Waals surface area (Å²) < 4.78 is 0. The first-order valence-corrected chi connectivity index (χ1v) is 15.8. The van der Waals surface area contributed by atoms with Crippen LogP contribution in [0.1, 0.15) is 174 Å². The van der Waals surface area contributed by atoms with E-state index in [-0.39, 0.29) is 19.1 Å². The van der Waals surface area contributed by atoms with Gasteiger partial charge in [-0.15, -0.1) is 0 Å². The molecule has 0 atom stereocenters. The summed E-state index contributed by atoms with van der Waals surface area (Å²) in [5.74, 6) is -0.0628. The van der Waals surface area contributed by atoms with Gasteiger partial charge >= 0.3 is 0 Å². The van der Waals surface area contributed by atoms with Gasteiger partial charge in [0.25, 0.3) is 0 Å². The third-order valence-corrected chi connectivity index (χ3v) is 7.31. The lowest BCUT2D eigenvalue weighted by atomic mass is 10.0. The quantitative estimate of drug-likeness (QED) is 0.0906. The average molecular weight is 498 g/mol. The number of aliphatic hydroxyl groups excluding tert-OH is 2. The van der Waals surface area contributed by atoms with Gasteiger partial charge in [0.15, 0.2) is 0 Å². The summed E-state index contributed by atoms with van der Waals surface area (Å²) in [6.07, 6.45) is 35.0. The average Bonchev–Trinajstić information content (AvgIpc) is 2.87. The summed E-state index contributed by atoms with van der Waals surface area (Å²) in [6, 6.07) is -0.512. The summed E-state index contributed by atoms with van der Waals surface area (Å²) in [5, 5.41) is 20.6. The fourth-order valence-corrected chi connectivity index (χ4v) is 4.87. The van der Waals surface area contributed by atoms with Gasteiger partial charge in [0.05, 0.1) is 19.3 Å². The van der Waals surface area contributed by atoms with Gasteiger partial charge in [-0.1, -0.05) is 161 Å². The maximum Gasteiger partial charge on any atom is 0.220 e. The highest BCUT2D eigenvalue weighted by Gasteiger charge is 2.09. The molecular formula is C31H63NO3. The van der Waals surface area contributed by atoms with Crippen molar-refractivity contribution in [2.45, 2.75) is 180 Å². The number of amides is 1. The molecule has 0 saturated carbocycles. The van der Waals surface area contributed by atoms with E-state index < -0.39 is 6.04 Å². The minimum Gasteiger partial charge on any atom is -0.394 e. The monoisotopic (exact) mass is 497 g/mol. The topological polar surface area (TPSA) is 69.6 Å². The van der Waals surface area contributed by atoms with E-state index >= 15 is 0 Å². The van der Waals surface area contributed by atoms with Crippen LogP contribution in [0.3, 0.4) is 0 Å². The van der Waals surface area contributed by atoms with Crippen molar-refractivity contribution >= 4 is 5.91 Å². The number of rotatable bonds is 29. The van der Waals surface area contributed by atoms with Gasteiger partial charge < -0.3 is 15.5 Å². The maximum atomic E-state index is 11.7. The van der Waals surface area contributed by atoms with Crippen molar-refractivity contribution in [3.05, 3.63) is 0 Å². The molecule has 0 aliphatic heterocycles. The maximum absolute atomic E-state index is 11.7. The number of unbranched alkanes of at least 4 members (excludes halogenated alkanes) is 24. The number of hydrogen-bond donors (Lipinski definition) is 3. The van der Waals surface area contributed by atoms with Crippen LogP contribution in [-0.2, 0) is 4.79 Å². The second-order valence-corrected chi connectivity index (χ2v) is 10.9. The molecule has 35 heavy (non-hydrogen) atoms. The lowest BCUT2D eigenvalue weighted by molar-refractivity contribution is -0.122. The highest BCUT2D eigenvalue weighted by Crippen LogP contribution is 2.16. The van der Waals surface area contributed by atoms with E-state index in [4.69, 9.17) is 10.2 Å². The highest BCUT2D eigenvalue weighted by molar-refractivity contribution is 5.76. The van der Waals surface area contributed by atoms with Crippen LogP contribution in [0, 0.1) is 0 Å². The normalized spacial score (nSPS) is 11.4. The zero-order valence-corrected chi connectivity index (χ0v) is 23.7. The fourth-order valence-electron chi connectivity index (χ4n) is 4.87. The van der Waals surface area contributed by atoms with Crippen LogP contribution in [0.15, 0.2) is 0 Å². The molecule has 0 aliphatic carbocycles. The van der Waals surface area contributed by atoms with Crippen LogP contribution in [0.4, 0.5) is 0 Å². The Hall–Kier alpha value is -0.610. The molecular weight excluding hydrogens is 434 g/mol. The van der Waals surface area contributed by atoms with E-state index in [1.807, 2.05) is 0 Å². The van der Waals surface area contributed by atoms with Crippen LogP contribution in [0.2, 0.25) is 0 Å². The molecule has 210 valence electrons. The highest BCUT2D eigenvalue weighted by atomic mass is 16.3. The number of nitrogens with one attached hydrogen (secondary N) is 1. The minimum absolute atomic E-state index is 0.0628. The predicted octanol–water partition coefficient (Wildman–Crippen LogP) is 8.62. The van der Waals surface area contributed by atoms with Crippen molar-refractivity contribution in [3.63, 3.8) is 0 Å². The SMILES string of the molecule is CCCCCCCCCCCCCCCCCCCCCCCCCCCC(=O)NC(CO)CO. The first-order chi connectivity index (χ1) is 17.2. The molecule has 0 aromatic rings. The molecule has 0 spiro atoms. The summed E-state index contributed by atoms with van der Waals surface area (Å²) in [4.78, 5) is 11.7. The Labute approximate surface area is 219 Å². The van der Waals surface area contributed by atoms with Crippen LogP contribution >= 0.6 is 0 Å². The smallest absolute Gasteiger partial charge is 0.220 e. The molecule has 0 fully saturated rings. The van der Waals surface area contributed by atoms with Crippen molar-refractivity contribution in [2.75, 3.05) is 13.2 Å². The fraction of sp³-hybridized carbons (Fsp3) is 0.968. The molecule has 4 nitrogen and oxygen atoms in total. The molecule has 0 aromatic heterocycles. The van der Waals surface area contributed by atoms with Gasteiger partial charge in [0.1, 0.15) is 0 Å². The molecule has 0 rings (SSSR count). The number of aliphatic hydroxyl groups is 2. The second kappa shape index (κ2) is 29.6. The molecule has 1 amide bonds. The van der Waals surface area contributed by atoms with Crippen LogP contribution < -0.4 is 5.32 Å². The van der Waals surface area contributed by atoms with Crippen LogP contribution in [-0.4, -0.2) is 35.4 Å². The summed E-state index contributed by atoms with van der Waals surface area (Å²) >= 11 is 0. The van der Waals surface area contributed by atoms with Crippen molar-refractivity contribution in [1.82, 2.24) is 5.32 Å². The Morgan fingerprint density at radius 2 is 0.743 bits per heavy atom. The number of hydrogen-bond acceptors (Lipinski definition) is 3. The lowest BCUT2D eigenvalue weighted by Crippen LogP contribution is -2.39. The molecule has 0 saturated heterocycles. The number of carbonyl (C=O) groups excluding carboxylic acids is 1. The third kappa shape index (κ3) is 27.8. The predicted molar refractivity (Wildman–Crippen MR) is 152 cm³/mol. The zero-order chi connectivity index (χ0) is 25.7. The van der Waals surface area contributed by atoms with Gasteiger partial charge in [0, 0.05) is 6.42 Å². The van der Waals surface area contributed by atoms with Gasteiger partial charge in [0.2, 0.25) is 5.91 Å². The van der Waals surface area contributed by atoms with Crippen LogP contribution in [0.25, 0.3) is 0 Å². The van der Waals surface area contributed by atoms with E-state index in [0.29, 0.717) is 6.42 Å². The molecule has 0 bridgehead atoms. The molecule has 0 radical (unpaired) electrons. The van der Waals surface area contributed by atoms with Gasteiger partial charge in [-0.3, -0.25) is 4.79 Å². The molecule has 0 unspecified atom stereocenters. The zero-order valence-electron chi connectivity index (χ0n) is 23.7. The lowest BCUT2D eigenvalue weighted by Gasteiger charge is -2.12. The van der Waals surface area contributed by atoms with Crippen LogP contribution in [0.5, 0.6) is 0 Å². The first-order valence-electron chi connectivity index (χ1n) is 15.8. The van der Waals surface area contributed by atoms with E-state index in [1.54, 1.807) is 0 Å². The Bertz CT molecular complexity index is 412. The molecule has 4 heteroatoms. The van der Waals surface area contributed by atoms with Crippen molar-refractivity contribution in [3.8, 4) is 0 Å². The summed E-state index contributed by atoms with van der Waals surface area (Å²) in [6.45, 7) is 1.88. The molecule has 0 heterocycles. The van der Waals surface area contributed by atoms with Crippen molar-refractivity contribution < 1.29 is 15.0 Å². The first kappa shape index (κ1) is 34.4. The Kier molecular flexibility index (Phi) is 29.1. The molecule has 3 N–H and O–H groups in total. The van der Waals surface area contributed by atoms with Gasteiger partial charge in [-0.05, 0) is 6.42 Å². The minimum atomic E-state index is -0.512. The number of carbonyl (C=O) groups is 1. The summed E-state index contributed by atoms with van der Waals surface area (Å²) in [7, 11) is 0. The van der Waals surface area contributed by atoms with E-state index in [1.165, 1.54) is 148 Å². The van der Waals surface area contributed by atoms with E-state index in [9.17, 15) is 4.79 Å². The van der Waals surface area contributed by atoms with E-state index in [2.05, 4.69) is 12.2 Å².